The Kier molecular flexibility index (Phi) is 3.42. The molecule has 0 aliphatic heterocycles. The molecule has 0 spiro atoms. The lowest BCUT2D eigenvalue weighted by Crippen LogP contribution is -2.22. The van der Waals surface area contributed by atoms with E-state index < -0.39 is 0 Å². The van der Waals surface area contributed by atoms with Gasteiger partial charge in [0.2, 0.25) is 0 Å². The number of aromatic nitrogens is 3. The summed E-state index contributed by atoms with van der Waals surface area (Å²) in [6.07, 6.45) is 9.15. The highest BCUT2D eigenvalue weighted by Crippen LogP contribution is 2.40. The topological polar surface area (TPSA) is 34.8 Å². The summed E-state index contributed by atoms with van der Waals surface area (Å²) in [6.45, 7) is 4.07. The first-order valence-electron chi connectivity index (χ1n) is 7.14. The van der Waals surface area contributed by atoms with Gasteiger partial charge in [0.1, 0.15) is 0 Å². The maximum Gasteiger partial charge on any atom is 0.0821 e. The molecule has 2 heterocycles. The summed E-state index contributed by atoms with van der Waals surface area (Å²) < 4.78 is 4.08. The minimum absolute atomic E-state index is 0.537. The molecular formula is C15H22N4. The van der Waals surface area contributed by atoms with Crippen LogP contribution in [0.4, 0.5) is 0 Å². The van der Waals surface area contributed by atoms with E-state index in [1.807, 2.05) is 17.9 Å². The predicted octanol–water partition coefficient (Wildman–Crippen LogP) is 2.33. The van der Waals surface area contributed by atoms with Gasteiger partial charge in [0.05, 0.1) is 12.2 Å². The number of hydrogen-bond acceptors (Lipinski definition) is 2. The minimum atomic E-state index is 0.537. The van der Waals surface area contributed by atoms with Crippen molar-refractivity contribution >= 4 is 0 Å². The average molecular weight is 258 g/mol. The maximum absolute atomic E-state index is 4.42. The van der Waals surface area contributed by atoms with Gasteiger partial charge < -0.3 is 9.88 Å². The van der Waals surface area contributed by atoms with Crippen molar-refractivity contribution in [3.63, 3.8) is 0 Å². The smallest absolute Gasteiger partial charge is 0.0821 e. The first-order chi connectivity index (χ1) is 9.26. The Balaban J connectivity index is 1.71. The van der Waals surface area contributed by atoms with Crippen LogP contribution < -0.4 is 5.32 Å². The Morgan fingerprint density at radius 2 is 2.21 bits per heavy atom. The highest BCUT2D eigenvalue weighted by atomic mass is 15.3. The number of rotatable bonds is 6. The van der Waals surface area contributed by atoms with Crippen molar-refractivity contribution in [3.05, 3.63) is 42.0 Å². The Bertz CT molecular complexity index is 536. The van der Waals surface area contributed by atoms with Gasteiger partial charge in [-0.15, -0.1) is 0 Å². The summed E-state index contributed by atoms with van der Waals surface area (Å²) in [5.41, 5.74) is 2.52. The van der Waals surface area contributed by atoms with E-state index in [1.165, 1.54) is 18.4 Å². The van der Waals surface area contributed by atoms with Gasteiger partial charge in [0.25, 0.3) is 0 Å². The number of hydrogen-bond donors (Lipinski definition) is 1. The van der Waals surface area contributed by atoms with Crippen molar-refractivity contribution in [1.29, 1.82) is 0 Å². The third kappa shape index (κ3) is 2.89. The molecule has 4 nitrogen and oxygen atoms in total. The van der Waals surface area contributed by atoms with Gasteiger partial charge >= 0.3 is 0 Å². The molecule has 2 aromatic heterocycles. The molecule has 1 unspecified atom stereocenters. The lowest BCUT2D eigenvalue weighted by Gasteiger charge is -2.15. The molecule has 1 atom stereocenters. The molecule has 0 amide bonds. The highest BCUT2D eigenvalue weighted by Gasteiger charge is 2.31. The predicted molar refractivity (Wildman–Crippen MR) is 75.9 cm³/mol. The second kappa shape index (κ2) is 5.21. The van der Waals surface area contributed by atoms with Crippen LogP contribution in [-0.4, -0.2) is 20.9 Å². The van der Waals surface area contributed by atoms with E-state index >= 15 is 0 Å². The molecular weight excluding hydrogens is 236 g/mol. The lowest BCUT2D eigenvalue weighted by atomic mass is 10.1. The number of nitrogens with zero attached hydrogens (tertiary/aromatic N) is 3. The minimum Gasteiger partial charge on any atom is -0.348 e. The third-order valence-corrected chi connectivity index (χ3v) is 3.76. The zero-order valence-corrected chi connectivity index (χ0v) is 11.7. The van der Waals surface area contributed by atoms with E-state index in [2.05, 4.69) is 46.4 Å². The maximum atomic E-state index is 4.42. The Morgan fingerprint density at radius 3 is 2.84 bits per heavy atom. The second-order valence-electron chi connectivity index (χ2n) is 5.47. The number of aryl methyl sites for hydroxylation is 1. The van der Waals surface area contributed by atoms with Crippen LogP contribution in [0, 0.1) is 5.92 Å². The fourth-order valence-electron chi connectivity index (χ4n) is 2.68. The van der Waals surface area contributed by atoms with E-state index in [0.717, 1.165) is 24.7 Å². The summed E-state index contributed by atoms with van der Waals surface area (Å²) in [6, 6.07) is 4.85. The molecule has 1 fully saturated rings. The monoisotopic (exact) mass is 258 g/mol. The van der Waals surface area contributed by atoms with Crippen molar-refractivity contribution in [3.8, 4) is 0 Å². The largest absolute Gasteiger partial charge is 0.348 e. The van der Waals surface area contributed by atoms with Crippen molar-refractivity contribution in [2.75, 3.05) is 6.54 Å². The molecule has 1 aliphatic carbocycles. The molecule has 1 saturated carbocycles. The molecule has 19 heavy (non-hydrogen) atoms. The first kappa shape index (κ1) is 12.5. The van der Waals surface area contributed by atoms with Crippen LogP contribution in [-0.2, 0) is 13.6 Å². The van der Waals surface area contributed by atoms with Crippen LogP contribution in [0.25, 0.3) is 0 Å². The van der Waals surface area contributed by atoms with E-state index in [1.54, 1.807) is 0 Å². The molecule has 1 N–H and O–H groups in total. The molecule has 3 rings (SSSR count). The van der Waals surface area contributed by atoms with Crippen molar-refractivity contribution in [2.24, 2.45) is 13.0 Å². The van der Waals surface area contributed by atoms with E-state index in [9.17, 15) is 0 Å². The van der Waals surface area contributed by atoms with Crippen molar-refractivity contribution in [1.82, 2.24) is 19.7 Å². The fraction of sp³-hybridized carbons (Fsp3) is 0.533. The molecule has 0 radical (unpaired) electrons. The van der Waals surface area contributed by atoms with Crippen molar-refractivity contribution < 1.29 is 0 Å². The molecule has 0 saturated heterocycles. The van der Waals surface area contributed by atoms with Crippen molar-refractivity contribution in [2.45, 2.75) is 32.4 Å². The Morgan fingerprint density at radius 1 is 1.37 bits per heavy atom. The Labute approximate surface area is 114 Å². The highest BCUT2D eigenvalue weighted by molar-refractivity contribution is 5.19. The van der Waals surface area contributed by atoms with E-state index in [-0.39, 0.29) is 0 Å². The summed E-state index contributed by atoms with van der Waals surface area (Å²) in [5.74, 6) is 0.839. The molecule has 102 valence electrons. The normalized spacial score (nSPS) is 16.7. The Hall–Kier alpha value is -1.55. The average Bonchev–Trinajstić information content (AvgIpc) is 3.00. The van der Waals surface area contributed by atoms with E-state index in [4.69, 9.17) is 0 Å². The summed E-state index contributed by atoms with van der Waals surface area (Å²) in [5, 5.41) is 8.03. The van der Waals surface area contributed by atoms with E-state index in [0.29, 0.717) is 6.04 Å². The summed E-state index contributed by atoms with van der Waals surface area (Å²) >= 11 is 0. The standard InChI is InChI=1S/C15H22N4/c1-3-16-15(12-4-5-12)13-6-9-19(10-13)11-14-7-8-18(2)17-14/h6-10,12,15-16H,3-5,11H2,1-2H3. The molecule has 1 aliphatic rings. The van der Waals surface area contributed by atoms with Gasteiger partial charge in [-0.05, 0) is 43.0 Å². The van der Waals surface area contributed by atoms with Gasteiger partial charge in [-0.3, -0.25) is 4.68 Å². The molecule has 0 aromatic carbocycles. The summed E-state index contributed by atoms with van der Waals surface area (Å²) in [7, 11) is 1.96. The van der Waals surface area contributed by atoms with Crippen LogP contribution in [0.2, 0.25) is 0 Å². The first-order valence-corrected chi connectivity index (χ1v) is 7.14. The molecule has 0 bridgehead atoms. The van der Waals surface area contributed by atoms with Crippen LogP contribution >= 0.6 is 0 Å². The number of nitrogens with one attached hydrogen (secondary N) is 1. The zero-order chi connectivity index (χ0) is 13.2. The van der Waals surface area contributed by atoms with Gasteiger partial charge in [-0.2, -0.15) is 5.10 Å². The fourth-order valence-corrected chi connectivity index (χ4v) is 2.68. The van der Waals surface area contributed by atoms with Gasteiger partial charge in [-0.1, -0.05) is 6.92 Å². The molecule has 4 heteroatoms. The van der Waals surface area contributed by atoms with Gasteiger partial charge in [0.15, 0.2) is 0 Å². The SMILES string of the molecule is CCNC(c1ccn(Cc2ccn(C)n2)c1)C1CC1. The zero-order valence-electron chi connectivity index (χ0n) is 11.7. The van der Waals surface area contributed by atoms with Crippen LogP contribution in [0.3, 0.4) is 0 Å². The van der Waals surface area contributed by atoms with Crippen LogP contribution in [0.15, 0.2) is 30.7 Å². The lowest BCUT2D eigenvalue weighted by molar-refractivity contribution is 0.495. The summed E-state index contributed by atoms with van der Waals surface area (Å²) in [4.78, 5) is 0. The quantitative estimate of drug-likeness (QED) is 0.863. The van der Waals surface area contributed by atoms with Crippen LogP contribution in [0.1, 0.15) is 37.1 Å². The third-order valence-electron chi connectivity index (χ3n) is 3.76. The van der Waals surface area contributed by atoms with Crippen LogP contribution in [0.5, 0.6) is 0 Å². The molecule has 2 aromatic rings. The van der Waals surface area contributed by atoms with Gasteiger partial charge in [-0.25, -0.2) is 0 Å². The van der Waals surface area contributed by atoms with Gasteiger partial charge in [0, 0.05) is 31.7 Å². The second-order valence-corrected chi connectivity index (χ2v) is 5.47.